The molecule has 140 valence electrons. The van der Waals surface area contributed by atoms with E-state index in [1.54, 1.807) is 6.07 Å². The molecule has 6 heteroatoms. The molecule has 1 atom stereocenters. The first-order valence-electron chi connectivity index (χ1n) is 8.56. The van der Waals surface area contributed by atoms with Crippen molar-refractivity contribution < 1.29 is 9.59 Å². The number of rotatable bonds is 3. The number of nitrogens with zero attached hydrogens (tertiary/aromatic N) is 1. The number of amides is 2. The molecule has 0 spiro atoms. The predicted octanol–water partition coefficient (Wildman–Crippen LogP) is 2.60. The largest absolute Gasteiger partial charge is 0.366 e. The van der Waals surface area contributed by atoms with E-state index in [1.165, 1.54) is 0 Å². The van der Waals surface area contributed by atoms with Gasteiger partial charge in [-0.15, -0.1) is 12.4 Å². The number of halogens is 1. The fourth-order valence-corrected chi connectivity index (χ4v) is 3.22. The third-order valence-electron chi connectivity index (χ3n) is 4.92. The van der Waals surface area contributed by atoms with Crippen LogP contribution in [0.15, 0.2) is 18.2 Å². The first kappa shape index (κ1) is 21.5. The third-order valence-corrected chi connectivity index (χ3v) is 4.92. The van der Waals surface area contributed by atoms with Crippen molar-refractivity contribution in [3.8, 4) is 0 Å². The Morgan fingerprint density at radius 1 is 1.20 bits per heavy atom. The van der Waals surface area contributed by atoms with Gasteiger partial charge in [0.1, 0.15) is 0 Å². The molecule has 1 saturated heterocycles. The fourth-order valence-electron chi connectivity index (χ4n) is 3.22. The Kier molecular flexibility index (Phi) is 7.03. The molecular formula is C19H30ClN3O2. The molecule has 5 nitrogen and oxygen atoms in total. The average Bonchev–Trinajstić information content (AvgIpc) is 2.52. The summed E-state index contributed by atoms with van der Waals surface area (Å²) in [5.74, 6) is -0.124. The van der Waals surface area contributed by atoms with Crippen LogP contribution in [0, 0.1) is 12.3 Å². The maximum absolute atomic E-state index is 12.5. The minimum atomic E-state index is -0.491. The van der Waals surface area contributed by atoms with Gasteiger partial charge in [0, 0.05) is 18.7 Å². The average molecular weight is 368 g/mol. The maximum Gasteiger partial charge on any atom is 0.248 e. The van der Waals surface area contributed by atoms with Gasteiger partial charge in [-0.2, -0.15) is 0 Å². The SMILES string of the molecule is Cc1ccc(C(N)=O)c(C2CCN(C(=O)C(N)C(C)(C)C)CC2)c1.Cl. The van der Waals surface area contributed by atoms with Crippen LogP contribution in [-0.2, 0) is 4.79 Å². The first-order chi connectivity index (χ1) is 11.1. The minimum absolute atomic E-state index is 0. The second-order valence-electron chi connectivity index (χ2n) is 7.90. The zero-order valence-corrected chi connectivity index (χ0v) is 16.4. The van der Waals surface area contributed by atoms with Crippen molar-refractivity contribution >= 4 is 24.2 Å². The summed E-state index contributed by atoms with van der Waals surface area (Å²) in [6.07, 6.45) is 1.65. The highest BCUT2D eigenvalue weighted by Gasteiger charge is 2.33. The highest BCUT2D eigenvalue weighted by atomic mass is 35.5. The van der Waals surface area contributed by atoms with Crippen LogP contribution >= 0.6 is 12.4 Å². The van der Waals surface area contributed by atoms with Gasteiger partial charge < -0.3 is 16.4 Å². The molecule has 2 rings (SSSR count). The molecule has 0 aliphatic carbocycles. The lowest BCUT2D eigenvalue weighted by Crippen LogP contribution is -2.52. The summed E-state index contributed by atoms with van der Waals surface area (Å²) in [5.41, 5.74) is 14.1. The number of benzene rings is 1. The van der Waals surface area contributed by atoms with Crippen molar-refractivity contribution in [2.45, 2.75) is 52.5 Å². The summed E-state index contributed by atoms with van der Waals surface area (Å²) in [4.78, 5) is 26.1. The third kappa shape index (κ3) is 4.95. The molecule has 2 amide bonds. The van der Waals surface area contributed by atoms with E-state index in [0.717, 1.165) is 24.0 Å². The molecular weight excluding hydrogens is 338 g/mol. The van der Waals surface area contributed by atoms with Crippen LogP contribution in [0.25, 0.3) is 0 Å². The minimum Gasteiger partial charge on any atom is -0.366 e. The van der Waals surface area contributed by atoms with Crippen LogP contribution in [0.1, 0.15) is 61.0 Å². The Bertz CT molecular complexity index is 632. The second kappa shape index (κ2) is 8.19. The van der Waals surface area contributed by atoms with Gasteiger partial charge in [0.25, 0.3) is 0 Å². The summed E-state index contributed by atoms with van der Waals surface area (Å²) >= 11 is 0. The summed E-state index contributed by atoms with van der Waals surface area (Å²) in [6.45, 7) is 9.28. The number of primary amides is 1. The number of hydrogen-bond acceptors (Lipinski definition) is 3. The van der Waals surface area contributed by atoms with E-state index < -0.39 is 11.9 Å². The van der Waals surface area contributed by atoms with E-state index in [2.05, 4.69) is 0 Å². The Balaban J connectivity index is 0.00000312. The number of likely N-dealkylation sites (tertiary alicyclic amines) is 1. The lowest BCUT2D eigenvalue weighted by molar-refractivity contribution is -0.136. The monoisotopic (exact) mass is 367 g/mol. The molecule has 0 radical (unpaired) electrons. The smallest absolute Gasteiger partial charge is 0.248 e. The van der Waals surface area contributed by atoms with Gasteiger partial charge in [-0.05, 0) is 42.7 Å². The van der Waals surface area contributed by atoms with Gasteiger partial charge in [0.2, 0.25) is 11.8 Å². The number of hydrogen-bond donors (Lipinski definition) is 2. The lowest BCUT2D eigenvalue weighted by Gasteiger charge is -2.37. The van der Waals surface area contributed by atoms with Crippen LogP contribution in [0.5, 0.6) is 0 Å². The standard InChI is InChI=1S/C19H29N3O2.ClH/c1-12-5-6-14(17(21)23)15(11-12)13-7-9-22(10-8-13)18(24)16(20)19(2,3)4;/h5-6,11,13,16H,7-10,20H2,1-4H3,(H2,21,23);1H. The topological polar surface area (TPSA) is 89.4 Å². The number of aryl methyl sites for hydroxylation is 1. The molecule has 4 N–H and O–H groups in total. The van der Waals surface area contributed by atoms with Crippen molar-refractivity contribution in [1.82, 2.24) is 4.90 Å². The molecule has 1 aliphatic heterocycles. The van der Waals surface area contributed by atoms with Crippen LogP contribution in [0.3, 0.4) is 0 Å². The first-order valence-corrected chi connectivity index (χ1v) is 8.56. The van der Waals surface area contributed by atoms with Crippen molar-refractivity contribution in [1.29, 1.82) is 0 Å². The molecule has 1 fully saturated rings. The molecule has 0 saturated carbocycles. The van der Waals surface area contributed by atoms with Gasteiger partial charge in [-0.25, -0.2) is 0 Å². The Hall–Kier alpha value is -1.59. The zero-order chi connectivity index (χ0) is 18.1. The molecule has 0 bridgehead atoms. The van der Waals surface area contributed by atoms with Crippen LogP contribution in [0.4, 0.5) is 0 Å². The van der Waals surface area contributed by atoms with Gasteiger partial charge in [0.15, 0.2) is 0 Å². The van der Waals surface area contributed by atoms with Crippen LogP contribution < -0.4 is 11.5 Å². The van der Waals surface area contributed by atoms with Crippen molar-refractivity contribution in [3.05, 3.63) is 34.9 Å². The van der Waals surface area contributed by atoms with E-state index >= 15 is 0 Å². The van der Waals surface area contributed by atoms with E-state index in [1.807, 2.05) is 44.7 Å². The van der Waals surface area contributed by atoms with Crippen molar-refractivity contribution in [3.63, 3.8) is 0 Å². The lowest BCUT2D eigenvalue weighted by atomic mass is 9.83. The Morgan fingerprint density at radius 3 is 2.24 bits per heavy atom. The molecule has 1 aromatic rings. The van der Waals surface area contributed by atoms with Gasteiger partial charge in [-0.3, -0.25) is 9.59 Å². The molecule has 0 aromatic heterocycles. The second-order valence-corrected chi connectivity index (χ2v) is 7.90. The zero-order valence-electron chi connectivity index (χ0n) is 15.5. The van der Waals surface area contributed by atoms with Crippen molar-refractivity contribution in [2.75, 3.05) is 13.1 Å². The molecule has 25 heavy (non-hydrogen) atoms. The molecule has 1 aromatic carbocycles. The summed E-state index contributed by atoms with van der Waals surface area (Å²) in [5, 5.41) is 0. The van der Waals surface area contributed by atoms with Crippen LogP contribution in [0.2, 0.25) is 0 Å². The highest BCUT2D eigenvalue weighted by Crippen LogP contribution is 2.32. The van der Waals surface area contributed by atoms with E-state index in [4.69, 9.17) is 11.5 Å². The summed E-state index contributed by atoms with van der Waals surface area (Å²) in [7, 11) is 0. The summed E-state index contributed by atoms with van der Waals surface area (Å²) in [6, 6.07) is 5.27. The number of nitrogens with two attached hydrogens (primary N) is 2. The Morgan fingerprint density at radius 2 is 1.76 bits per heavy atom. The van der Waals surface area contributed by atoms with Crippen LogP contribution in [-0.4, -0.2) is 35.8 Å². The predicted molar refractivity (Wildman–Crippen MR) is 103 cm³/mol. The van der Waals surface area contributed by atoms with Gasteiger partial charge in [0.05, 0.1) is 6.04 Å². The van der Waals surface area contributed by atoms with Crippen molar-refractivity contribution in [2.24, 2.45) is 16.9 Å². The van der Waals surface area contributed by atoms with E-state index in [0.29, 0.717) is 18.7 Å². The van der Waals surface area contributed by atoms with Gasteiger partial charge >= 0.3 is 0 Å². The fraction of sp³-hybridized carbons (Fsp3) is 0.579. The van der Waals surface area contributed by atoms with Gasteiger partial charge in [-0.1, -0.05) is 38.5 Å². The van der Waals surface area contributed by atoms with E-state index in [9.17, 15) is 9.59 Å². The molecule has 1 aliphatic rings. The quantitative estimate of drug-likeness (QED) is 0.860. The normalized spacial score (nSPS) is 16.9. The Labute approximate surface area is 156 Å². The number of carbonyl (C=O) groups is 2. The summed E-state index contributed by atoms with van der Waals surface area (Å²) < 4.78 is 0. The number of piperidine rings is 1. The molecule has 1 heterocycles. The highest BCUT2D eigenvalue weighted by molar-refractivity contribution is 5.94. The molecule has 1 unspecified atom stereocenters. The number of carbonyl (C=O) groups excluding carboxylic acids is 2. The van der Waals surface area contributed by atoms with E-state index in [-0.39, 0.29) is 29.6 Å². The maximum atomic E-state index is 12.5.